The van der Waals surface area contributed by atoms with Gasteiger partial charge in [0.05, 0.1) is 66.1 Å². The number of methoxy groups -OCH3 is 3. The smallest absolute Gasteiger partial charge is 0.115 e. The first-order chi connectivity index (χ1) is 12.8. The van der Waals surface area contributed by atoms with Crippen LogP contribution in [0.2, 0.25) is 0 Å². The standard InChI is InChI=1S/C17H34O9/c1-19-6-9-22-12-14(24-10-7-20-2)17-16(25-11-8-21-3)15(13-26-17)23-5-4-18/h14-18H,4-13H2,1-3H3/t14?,15-,16+,17-/m1/s1. The maximum atomic E-state index is 9.01. The number of rotatable bonds is 17. The van der Waals surface area contributed by atoms with Crippen molar-refractivity contribution >= 4 is 0 Å². The fourth-order valence-corrected chi connectivity index (χ4v) is 2.61. The molecule has 1 fully saturated rings. The van der Waals surface area contributed by atoms with Crippen molar-refractivity contribution in [1.82, 2.24) is 0 Å². The molecule has 0 spiro atoms. The van der Waals surface area contributed by atoms with E-state index in [1.165, 1.54) is 0 Å². The molecule has 9 nitrogen and oxygen atoms in total. The molecule has 1 unspecified atom stereocenters. The monoisotopic (exact) mass is 382 g/mol. The zero-order valence-electron chi connectivity index (χ0n) is 16.1. The highest BCUT2D eigenvalue weighted by Gasteiger charge is 2.44. The van der Waals surface area contributed by atoms with E-state index in [1.54, 1.807) is 21.3 Å². The molecule has 1 saturated heterocycles. The van der Waals surface area contributed by atoms with Gasteiger partial charge in [-0.3, -0.25) is 0 Å². The van der Waals surface area contributed by atoms with E-state index in [0.717, 1.165) is 0 Å². The summed E-state index contributed by atoms with van der Waals surface area (Å²) < 4.78 is 44.1. The predicted octanol–water partition coefficient (Wildman–Crippen LogP) is -0.511. The largest absolute Gasteiger partial charge is 0.394 e. The Bertz CT molecular complexity index is 319. The molecule has 0 aliphatic carbocycles. The Hall–Kier alpha value is -0.360. The molecule has 9 heteroatoms. The van der Waals surface area contributed by atoms with Crippen molar-refractivity contribution in [3.05, 3.63) is 0 Å². The highest BCUT2D eigenvalue weighted by Crippen LogP contribution is 2.25. The van der Waals surface area contributed by atoms with E-state index in [0.29, 0.717) is 52.9 Å². The minimum Gasteiger partial charge on any atom is -0.394 e. The van der Waals surface area contributed by atoms with Gasteiger partial charge in [0.2, 0.25) is 0 Å². The van der Waals surface area contributed by atoms with Gasteiger partial charge in [-0.05, 0) is 0 Å². The topological polar surface area (TPSA) is 94.1 Å². The van der Waals surface area contributed by atoms with Crippen LogP contribution in [-0.2, 0) is 37.9 Å². The van der Waals surface area contributed by atoms with Crippen molar-refractivity contribution in [2.45, 2.75) is 24.4 Å². The summed E-state index contributed by atoms with van der Waals surface area (Å²) in [5, 5.41) is 9.01. The van der Waals surface area contributed by atoms with E-state index < -0.39 is 0 Å². The molecule has 1 aliphatic heterocycles. The van der Waals surface area contributed by atoms with E-state index in [2.05, 4.69) is 0 Å². The summed E-state index contributed by atoms with van der Waals surface area (Å²) in [5.74, 6) is 0. The summed E-state index contributed by atoms with van der Waals surface area (Å²) in [6.45, 7) is 3.62. The molecule has 0 amide bonds. The molecule has 0 bridgehead atoms. The summed E-state index contributed by atoms with van der Waals surface area (Å²) in [5.41, 5.74) is 0. The fourth-order valence-electron chi connectivity index (χ4n) is 2.61. The zero-order chi connectivity index (χ0) is 19.0. The van der Waals surface area contributed by atoms with Gasteiger partial charge in [-0.25, -0.2) is 0 Å². The lowest BCUT2D eigenvalue weighted by atomic mass is 10.1. The van der Waals surface area contributed by atoms with Crippen LogP contribution in [0, 0.1) is 0 Å². The zero-order valence-corrected chi connectivity index (χ0v) is 16.1. The van der Waals surface area contributed by atoms with Crippen LogP contribution in [0.1, 0.15) is 0 Å². The number of hydrogen-bond acceptors (Lipinski definition) is 9. The van der Waals surface area contributed by atoms with Gasteiger partial charge in [-0.1, -0.05) is 0 Å². The third kappa shape index (κ3) is 9.03. The van der Waals surface area contributed by atoms with Crippen molar-refractivity contribution < 1.29 is 43.0 Å². The Morgan fingerprint density at radius 2 is 1.58 bits per heavy atom. The van der Waals surface area contributed by atoms with Gasteiger partial charge < -0.3 is 43.0 Å². The van der Waals surface area contributed by atoms with E-state index in [4.69, 9.17) is 43.0 Å². The second kappa shape index (κ2) is 15.7. The average Bonchev–Trinajstić information content (AvgIpc) is 3.05. The fraction of sp³-hybridized carbons (Fsp3) is 1.00. The molecule has 26 heavy (non-hydrogen) atoms. The van der Waals surface area contributed by atoms with Crippen LogP contribution in [0.15, 0.2) is 0 Å². The maximum Gasteiger partial charge on any atom is 0.115 e. The van der Waals surface area contributed by atoms with Crippen molar-refractivity contribution in [2.24, 2.45) is 0 Å². The summed E-state index contributed by atoms with van der Waals surface area (Å²) in [6.07, 6.45) is -1.31. The summed E-state index contributed by atoms with van der Waals surface area (Å²) in [7, 11) is 4.86. The first-order valence-corrected chi connectivity index (χ1v) is 8.90. The molecule has 0 aromatic heterocycles. The van der Waals surface area contributed by atoms with Crippen molar-refractivity contribution in [3.63, 3.8) is 0 Å². The van der Waals surface area contributed by atoms with Crippen molar-refractivity contribution in [1.29, 1.82) is 0 Å². The maximum absolute atomic E-state index is 9.01. The van der Waals surface area contributed by atoms with Gasteiger partial charge >= 0.3 is 0 Å². The highest BCUT2D eigenvalue weighted by molar-refractivity contribution is 4.91. The first kappa shape index (κ1) is 23.7. The molecule has 0 aromatic rings. The molecule has 1 rings (SSSR count). The lowest BCUT2D eigenvalue weighted by Crippen LogP contribution is -2.45. The molecular formula is C17H34O9. The summed E-state index contributed by atoms with van der Waals surface area (Å²) in [4.78, 5) is 0. The molecule has 1 aliphatic rings. The van der Waals surface area contributed by atoms with Gasteiger partial charge in [0, 0.05) is 21.3 Å². The number of ether oxygens (including phenoxy) is 8. The number of aliphatic hydroxyl groups is 1. The van der Waals surface area contributed by atoms with E-state index in [9.17, 15) is 0 Å². The Morgan fingerprint density at radius 3 is 2.27 bits per heavy atom. The van der Waals surface area contributed by atoms with Gasteiger partial charge in [0.15, 0.2) is 0 Å². The average molecular weight is 382 g/mol. The van der Waals surface area contributed by atoms with Crippen LogP contribution in [0.4, 0.5) is 0 Å². The van der Waals surface area contributed by atoms with Gasteiger partial charge in [-0.2, -0.15) is 0 Å². The number of hydrogen-bond donors (Lipinski definition) is 1. The van der Waals surface area contributed by atoms with E-state index >= 15 is 0 Å². The molecule has 0 radical (unpaired) electrons. The second-order valence-corrected chi connectivity index (χ2v) is 5.73. The Balaban J connectivity index is 2.66. The Morgan fingerprint density at radius 1 is 0.885 bits per heavy atom. The van der Waals surface area contributed by atoms with E-state index in [-0.39, 0.29) is 37.6 Å². The van der Waals surface area contributed by atoms with Gasteiger partial charge in [-0.15, -0.1) is 0 Å². The van der Waals surface area contributed by atoms with Gasteiger partial charge in [0.25, 0.3) is 0 Å². The summed E-state index contributed by atoms with van der Waals surface area (Å²) >= 11 is 0. The van der Waals surface area contributed by atoms with Crippen molar-refractivity contribution in [2.75, 3.05) is 87.4 Å². The number of aliphatic hydroxyl groups excluding tert-OH is 1. The lowest BCUT2D eigenvalue weighted by Gasteiger charge is -2.29. The second-order valence-electron chi connectivity index (χ2n) is 5.73. The lowest BCUT2D eigenvalue weighted by molar-refractivity contribution is -0.137. The molecule has 0 saturated carbocycles. The quantitative estimate of drug-likeness (QED) is 0.334. The Kier molecular flexibility index (Phi) is 14.3. The normalized spacial score (nSPS) is 24.2. The SMILES string of the molecule is COCCOCC(OCCOC)[C@H]1OC[C@@H](OCCO)[C@@H]1OCCOC. The van der Waals surface area contributed by atoms with E-state index in [1.807, 2.05) is 0 Å². The predicted molar refractivity (Wildman–Crippen MR) is 92.5 cm³/mol. The molecule has 0 aromatic carbocycles. The first-order valence-electron chi connectivity index (χ1n) is 8.90. The molecular weight excluding hydrogens is 348 g/mol. The van der Waals surface area contributed by atoms with Crippen molar-refractivity contribution in [3.8, 4) is 0 Å². The third-order valence-electron chi connectivity index (χ3n) is 3.86. The van der Waals surface area contributed by atoms with Gasteiger partial charge in [0.1, 0.15) is 24.4 Å². The molecule has 4 atom stereocenters. The minimum atomic E-state index is -0.352. The van der Waals surface area contributed by atoms with Crippen LogP contribution in [-0.4, -0.2) is 117 Å². The van der Waals surface area contributed by atoms with Crippen LogP contribution >= 0.6 is 0 Å². The minimum absolute atomic E-state index is 0.0557. The molecule has 1 heterocycles. The van der Waals surface area contributed by atoms with Crippen LogP contribution < -0.4 is 0 Å². The third-order valence-corrected chi connectivity index (χ3v) is 3.86. The van der Waals surface area contributed by atoms with Crippen LogP contribution in [0.25, 0.3) is 0 Å². The molecule has 156 valence electrons. The summed E-state index contributed by atoms with van der Waals surface area (Å²) in [6, 6.07) is 0. The van der Waals surface area contributed by atoms with Crippen LogP contribution in [0.3, 0.4) is 0 Å². The molecule has 1 N–H and O–H groups in total. The van der Waals surface area contributed by atoms with Crippen LogP contribution in [0.5, 0.6) is 0 Å². The Labute approximate surface area is 155 Å². The highest BCUT2D eigenvalue weighted by atomic mass is 16.6.